The quantitative estimate of drug-likeness (QED) is 0.499. The van der Waals surface area contributed by atoms with Gasteiger partial charge in [0.25, 0.3) is 0 Å². The molecular weight excluding hydrogens is 120 g/mol. The van der Waals surface area contributed by atoms with Gasteiger partial charge in [-0.05, 0) is 6.92 Å². The van der Waals surface area contributed by atoms with Gasteiger partial charge in [-0.3, -0.25) is 0 Å². The normalized spacial score (nSPS) is 7.20. The smallest absolute Gasteiger partial charge is 0.0421 e. The van der Waals surface area contributed by atoms with E-state index in [-0.39, 0.29) is 5.92 Å². The van der Waals surface area contributed by atoms with Crippen molar-refractivity contribution in [1.29, 1.82) is 0 Å². The summed E-state index contributed by atoms with van der Waals surface area (Å²) in [5.74, 6) is 11.0. The van der Waals surface area contributed by atoms with Gasteiger partial charge in [-0.15, -0.1) is 30.6 Å². The third-order valence-corrected chi connectivity index (χ3v) is 1.08. The zero-order valence-corrected chi connectivity index (χ0v) is 6.15. The molecule has 0 aliphatic carbocycles. The van der Waals surface area contributed by atoms with Gasteiger partial charge in [-0.25, -0.2) is 0 Å². The van der Waals surface area contributed by atoms with E-state index in [2.05, 4.69) is 23.7 Å². The molecule has 50 valence electrons. The summed E-state index contributed by atoms with van der Waals surface area (Å²) >= 11 is 0. The molecule has 0 aromatic rings. The summed E-state index contributed by atoms with van der Waals surface area (Å²) in [6.45, 7) is 1.79. The zero-order chi connectivity index (χ0) is 7.82. The maximum absolute atomic E-state index is 5.10. The molecule has 0 aromatic carbocycles. The van der Waals surface area contributed by atoms with Crippen molar-refractivity contribution in [1.82, 2.24) is 0 Å². The van der Waals surface area contributed by atoms with Crippen LogP contribution < -0.4 is 0 Å². The molecule has 0 saturated heterocycles. The van der Waals surface area contributed by atoms with Crippen LogP contribution in [0, 0.1) is 42.4 Å². The summed E-state index contributed by atoms with van der Waals surface area (Å²) in [7, 11) is 0. The summed E-state index contributed by atoms with van der Waals surface area (Å²) in [5.41, 5.74) is 0. The van der Waals surface area contributed by atoms with Crippen molar-refractivity contribution in [3.63, 3.8) is 0 Å². The highest BCUT2D eigenvalue weighted by Crippen LogP contribution is 2.04. The minimum atomic E-state index is 0.194. The van der Waals surface area contributed by atoms with Crippen molar-refractivity contribution < 1.29 is 0 Å². The molecule has 0 unspecified atom stereocenters. The van der Waals surface area contributed by atoms with E-state index >= 15 is 0 Å². The second-order valence-electron chi connectivity index (χ2n) is 1.91. The van der Waals surface area contributed by atoms with E-state index in [1.54, 1.807) is 6.92 Å². The fourth-order valence-electron chi connectivity index (χ4n) is 0.663. The van der Waals surface area contributed by atoms with Crippen LogP contribution in [0.4, 0.5) is 0 Å². The van der Waals surface area contributed by atoms with Crippen LogP contribution in [0.5, 0.6) is 0 Å². The number of terminal acetylenes is 2. The van der Waals surface area contributed by atoms with Crippen molar-refractivity contribution in [3.8, 4) is 36.5 Å². The largest absolute Gasteiger partial charge is 0.120 e. The predicted octanol–water partition coefficient (Wildman–Crippen LogP) is 1.67. The van der Waals surface area contributed by atoms with Crippen molar-refractivity contribution in [2.45, 2.75) is 19.8 Å². The average Bonchev–Trinajstić information content (AvgIpc) is 1.90. The SMILES string of the molecule is C#CCC(C#CC)CC#C. The molecule has 0 saturated carbocycles. The van der Waals surface area contributed by atoms with Crippen LogP contribution in [-0.4, -0.2) is 0 Å². The van der Waals surface area contributed by atoms with Crippen molar-refractivity contribution in [2.75, 3.05) is 0 Å². The van der Waals surface area contributed by atoms with E-state index in [9.17, 15) is 0 Å². The van der Waals surface area contributed by atoms with E-state index in [1.165, 1.54) is 0 Å². The molecule has 0 radical (unpaired) electrons. The van der Waals surface area contributed by atoms with Gasteiger partial charge in [0.2, 0.25) is 0 Å². The Kier molecular flexibility index (Phi) is 5.04. The third kappa shape index (κ3) is 3.65. The Morgan fingerprint density at radius 3 is 2.00 bits per heavy atom. The van der Waals surface area contributed by atoms with E-state index in [4.69, 9.17) is 12.8 Å². The molecule has 0 N–H and O–H groups in total. The van der Waals surface area contributed by atoms with Gasteiger partial charge in [-0.2, -0.15) is 0 Å². The lowest BCUT2D eigenvalue weighted by molar-refractivity contribution is 0.726. The van der Waals surface area contributed by atoms with Gasteiger partial charge in [0.1, 0.15) is 0 Å². The lowest BCUT2D eigenvalue weighted by atomic mass is 10.0. The summed E-state index contributed by atoms with van der Waals surface area (Å²) in [5, 5.41) is 0. The second kappa shape index (κ2) is 5.81. The first-order chi connectivity index (χ1) is 4.85. The van der Waals surface area contributed by atoms with Crippen LogP contribution in [0.2, 0.25) is 0 Å². The highest BCUT2D eigenvalue weighted by Gasteiger charge is 1.98. The Morgan fingerprint density at radius 1 is 1.20 bits per heavy atom. The van der Waals surface area contributed by atoms with E-state index in [1.807, 2.05) is 0 Å². The van der Waals surface area contributed by atoms with Crippen LogP contribution in [0.15, 0.2) is 0 Å². The molecule has 0 bridgehead atoms. The summed E-state index contributed by atoms with van der Waals surface area (Å²) < 4.78 is 0. The van der Waals surface area contributed by atoms with Crippen LogP contribution >= 0.6 is 0 Å². The van der Waals surface area contributed by atoms with Gasteiger partial charge >= 0.3 is 0 Å². The van der Waals surface area contributed by atoms with Crippen LogP contribution in [-0.2, 0) is 0 Å². The van der Waals surface area contributed by atoms with Crippen LogP contribution in [0.3, 0.4) is 0 Å². The van der Waals surface area contributed by atoms with Crippen LogP contribution in [0.1, 0.15) is 19.8 Å². The first-order valence-corrected chi connectivity index (χ1v) is 3.14. The topological polar surface area (TPSA) is 0 Å². The first kappa shape index (κ1) is 8.68. The molecule has 0 atom stereocenters. The van der Waals surface area contributed by atoms with Crippen molar-refractivity contribution in [2.24, 2.45) is 5.92 Å². The Morgan fingerprint density at radius 2 is 1.70 bits per heavy atom. The Bertz CT molecular complexity index is 195. The molecule has 0 rings (SSSR count). The summed E-state index contributed by atoms with van der Waals surface area (Å²) in [6.07, 6.45) is 11.5. The van der Waals surface area contributed by atoms with Gasteiger partial charge in [0, 0.05) is 18.8 Å². The van der Waals surface area contributed by atoms with E-state index < -0.39 is 0 Å². The minimum Gasteiger partial charge on any atom is -0.120 e. The average molecular weight is 130 g/mol. The molecule has 10 heavy (non-hydrogen) atoms. The molecule has 0 aromatic heterocycles. The monoisotopic (exact) mass is 130 g/mol. The van der Waals surface area contributed by atoms with E-state index in [0.29, 0.717) is 12.8 Å². The molecule has 0 heteroatoms. The summed E-state index contributed by atoms with van der Waals surface area (Å²) in [6, 6.07) is 0. The Hall–Kier alpha value is -1.32. The maximum atomic E-state index is 5.10. The molecule has 0 heterocycles. The minimum absolute atomic E-state index is 0.194. The summed E-state index contributed by atoms with van der Waals surface area (Å²) in [4.78, 5) is 0. The Balaban J connectivity index is 3.86. The predicted molar refractivity (Wildman–Crippen MR) is 43.8 cm³/mol. The molecular formula is C10H10. The number of rotatable bonds is 2. The molecule has 0 nitrogen and oxygen atoms in total. The van der Waals surface area contributed by atoms with Gasteiger partial charge in [0.15, 0.2) is 0 Å². The zero-order valence-electron chi connectivity index (χ0n) is 6.15. The third-order valence-electron chi connectivity index (χ3n) is 1.08. The maximum Gasteiger partial charge on any atom is 0.0421 e. The van der Waals surface area contributed by atoms with Crippen molar-refractivity contribution in [3.05, 3.63) is 0 Å². The van der Waals surface area contributed by atoms with Crippen molar-refractivity contribution >= 4 is 0 Å². The lowest BCUT2D eigenvalue weighted by Crippen LogP contribution is -1.92. The second-order valence-corrected chi connectivity index (χ2v) is 1.91. The van der Waals surface area contributed by atoms with Gasteiger partial charge in [-0.1, -0.05) is 5.92 Å². The van der Waals surface area contributed by atoms with Gasteiger partial charge < -0.3 is 0 Å². The first-order valence-electron chi connectivity index (χ1n) is 3.14. The lowest BCUT2D eigenvalue weighted by Gasteiger charge is -1.98. The molecule has 0 spiro atoms. The molecule has 0 aliphatic heterocycles. The van der Waals surface area contributed by atoms with E-state index in [0.717, 1.165) is 0 Å². The number of hydrogen-bond acceptors (Lipinski definition) is 0. The highest BCUT2D eigenvalue weighted by atomic mass is 14.0. The Labute approximate surface area is 63.0 Å². The fourth-order valence-corrected chi connectivity index (χ4v) is 0.663. The molecule has 0 fully saturated rings. The molecule has 0 amide bonds. The molecule has 0 aliphatic rings. The fraction of sp³-hybridized carbons (Fsp3) is 0.400. The highest BCUT2D eigenvalue weighted by molar-refractivity contribution is 5.08. The number of hydrogen-bond donors (Lipinski definition) is 0. The standard InChI is InChI=1S/C10H10/c1-4-7-10(8-5-2)9-6-3/h1-2,10H,7-8H2,3H3. The van der Waals surface area contributed by atoms with Gasteiger partial charge in [0.05, 0.1) is 0 Å². The van der Waals surface area contributed by atoms with Crippen LogP contribution in [0.25, 0.3) is 0 Å².